The molecule has 0 fully saturated rings. The first-order chi connectivity index (χ1) is 8.67. The summed E-state index contributed by atoms with van der Waals surface area (Å²) in [4.78, 5) is 20.7. The van der Waals surface area contributed by atoms with E-state index in [1.807, 2.05) is 6.07 Å². The van der Waals surface area contributed by atoms with Gasteiger partial charge < -0.3 is 9.64 Å². The average Bonchev–Trinajstić information content (AvgIpc) is 2.51. The third-order valence-corrected chi connectivity index (χ3v) is 3.01. The number of carbonyl (C=O) groups excluding carboxylic acids is 1. The summed E-state index contributed by atoms with van der Waals surface area (Å²) in [6, 6.07) is 1.23. The van der Waals surface area contributed by atoms with Crippen molar-refractivity contribution in [3.63, 3.8) is 0 Å². The summed E-state index contributed by atoms with van der Waals surface area (Å²) in [5.41, 5.74) is 8.49. The molecular formula is C11H14N5O2+. The molecule has 1 aliphatic heterocycles. The summed E-state index contributed by atoms with van der Waals surface area (Å²) in [6.07, 6.45) is 2.83. The van der Waals surface area contributed by atoms with Gasteiger partial charge in [0.05, 0.1) is 19.0 Å². The molecule has 1 unspecified atom stereocenters. The first-order valence-corrected chi connectivity index (χ1v) is 5.54. The number of ether oxygens (including phenoxy) is 1. The van der Waals surface area contributed by atoms with Crippen LogP contribution in [-0.2, 0) is 11.2 Å². The van der Waals surface area contributed by atoms with Crippen LogP contribution in [0.5, 0.6) is 5.88 Å². The van der Waals surface area contributed by atoms with Crippen molar-refractivity contribution in [1.82, 2.24) is 9.90 Å². The zero-order chi connectivity index (χ0) is 13.1. The standard InChI is InChI=1S/C11H14N5O2/c1-16-9-6-13-10(18-2)5-7(9)3-4-8(11(16)17)14-15-12/h5-6,8,12H,3-4H2,1-2H3/q+1. The molecule has 0 saturated heterocycles. The van der Waals surface area contributed by atoms with E-state index in [-0.39, 0.29) is 5.91 Å². The van der Waals surface area contributed by atoms with Crippen molar-refractivity contribution in [3.8, 4) is 5.88 Å². The van der Waals surface area contributed by atoms with E-state index in [9.17, 15) is 4.79 Å². The van der Waals surface area contributed by atoms with Crippen molar-refractivity contribution in [3.05, 3.63) is 17.8 Å². The van der Waals surface area contributed by atoms with Crippen LogP contribution in [0.1, 0.15) is 12.0 Å². The van der Waals surface area contributed by atoms with E-state index in [1.54, 1.807) is 20.4 Å². The van der Waals surface area contributed by atoms with Crippen molar-refractivity contribution >= 4 is 11.6 Å². The first-order valence-electron chi connectivity index (χ1n) is 5.54. The molecule has 0 aromatic carbocycles. The van der Waals surface area contributed by atoms with Gasteiger partial charge in [0.25, 0.3) is 5.91 Å². The Kier molecular flexibility index (Phi) is 3.34. The van der Waals surface area contributed by atoms with Gasteiger partial charge in [-0.25, -0.2) is 4.98 Å². The maximum atomic E-state index is 12.1. The van der Waals surface area contributed by atoms with E-state index in [0.29, 0.717) is 18.7 Å². The van der Waals surface area contributed by atoms with E-state index in [0.717, 1.165) is 11.3 Å². The van der Waals surface area contributed by atoms with Crippen LogP contribution in [0.4, 0.5) is 5.69 Å². The van der Waals surface area contributed by atoms with Crippen LogP contribution in [-0.4, -0.2) is 31.1 Å². The van der Waals surface area contributed by atoms with Gasteiger partial charge in [0.15, 0.2) is 0 Å². The average molecular weight is 248 g/mol. The zero-order valence-electron chi connectivity index (χ0n) is 10.3. The summed E-state index contributed by atoms with van der Waals surface area (Å²) in [5.74, 6) is 0.354. The highest BCUT2D eigenvalue weighted by Crippen LogP contribution is 2.28. The highest BCUT2D eigenvalue weighted by atomic mass is 16.5. The number of nitrogens with one attached hydrogen (secondary N) is 1. The maximum Gasteiger partial charge on any atom is 0.259 e. The van der Waals surface area contributed by atoms with Crippen LogP contribution in [0.3, 0.4) is 0 Å². The second-order valence-corrected chi connectivity index (χ2v) is 4.02. The van der Waals surface area contributed by atoms with Gasteiger partial charge in [0.1, 0.15) is 10.6 Å². The van der Waals surface area contributed by atoms with E-state index in [2.05, 4.69) is 15.0 Å². The molecule has 7 heteroatoms. The number of aromatic nitrogens is 1. The molecule has 94 valence electrons. The molecule has 1 atom stereocenters. The number of aryl methyl sites for hydroxylation is 1. The number of carbonyl (C=O) groups is 1. The molecule has 1 aromatic rings. The summed E-state index contributed by atoms with van der Waals surface area (Å²) in [5, 5.41) is 3.65. The molecule has 2 heterocycles. The Morgan fingerprint density at radius 1 is 1.67 bits per heavy atom. The molecule has 1 amide bonds. The van der Waals surface area contributed by atoms with Crippen molar-refractivity contribution in [1.29, 1.82) is 5.53 Å². The second kappa shape index (κ2) is 4.93. The minimum atomic E-state index is -0.592. The van der Waals surface area contributed by atoms with Crippen LogP contribution in [0.2, 0.25) is 0 Å². The monoisotopic (exact) mass is 248 g/mol. The lowest BCUT2D eigenvalue weighted by molar-refractivity contribution is -0.119. The Morgan fingerprint density at radius 2 is 2.44 bits per heavy atom. The van der Waals surface area contributed by atoms with Gasteiger partial charge in [0.2, 0.25) is 16.8 Å². The van der Waals surface area contributed by atoms with Crippen molar-refractivity contribution in [2.24, 2.45) is 5.11 Å². The molecule has 2 rings (SSSR count). The van der Waals surface area contributed by atoms with Crippen LogP contribution in [0.25, 0.3) is 0 Å². The fourth-order valence-electron chi connectivity index (χ4n) is 2.02. The van der Waals surface area contributed by atoms with Gasteiger partial charge in [-0.05, 0) is 18.4 Å². The fourth-order valence-corrected chi connectivity index (χ4v) is 2.02. The van der Waals surface area contributed by atoms with Gasteiger partial charge in [-0.15, -0.1) is 0 Å². The number of hydrogen-bond acceptors (Lipinski definition) is 5. The number of pyridine rings is 1. The third kappa shape index (κ3) is 2.08. The predicted molar refractivity (Wildman–Crippen MR) is 63.6 cm³/mol. The third-order valence-electron chi connectivity index (χ3n) is 3.01. The van der Waals surface area contributed by atoms with Crippen LogP contribution in [0, 0.1) is 5.53 Å². The quantitative estimate of drug-likeness (QED) is 0.623. The molecule has 1 aromatic heterocycles. The number of fused-ring (bicyclic) bond motifs is 1. The van der Waals surface area contributed by atoms with E-state index in [4.69, 9.17) is 10.3 Å². The van der Waals surface area contributed by atoms with E-state index in [1.165, 1.54) is 4.90 Å². The van der Waals surface area contributed by atoms with Crippen LogP contribution < -0.4 is 14.5 Å². The Hall–Kier alpha value is -2.27. The molecule has 0 aliphatic carbocycles. The number of likely N-dealkylation sites (N-methyl/N-ethyl adjacent to an activating group) is 1. The van der Waals surface area contributed by atoms with E-state index < -0.39 is 6.04 Å². The Labute approximate surface area is 104 Å². The highest BCUT2D eigenvalue weighted by molar-refractivity contribution is 5.98. The smallest absolute Gasteiger partial charge is 0.259 e. The normalized spacial score (nSPS) is 18.7. The molecule has 0 radical (unpaired) electrons. The second-order valence-electron chi connectivity index (χ2n) is 4.02. The molecular weight excluding hydrogens is 234 g/mol. The Balaban J connectivity index is 2.41. The topological polar surface area (TPSA) is 92.7 Å². The highest BCUT2D eigenvalue weighted by Gasteiger charge is 2.31. The Morgan fingerprint density at radius 3 is 3.11 bits per heavy atom. The lowest BCUT2D eigenvalue weighted by atomic mass is 10.1. The van der Waals surface area contributed by atoms with Gasteiger partial charge in [-0.3, -0.25) is 4.79 Å². The van der Waals surface area contributed by atoms with Crippen molar-refractivity contribution in [2.45, 2.75) is 18.9 Å². The van der Waals surface area contributed by atoms with Crippen molar-refractivity contribution in [2.75, 3.05) is 19.1 Å². The van der Waals surface area contributed by atoms with Crippen molar-refractivity contribution < 1.29 is 9.53 Å². The number of rotatable bonds is 2. The molecule has 1 N–H and O–H groups in total. The summed E-state index contributed by atoms with van der Waals surface area (Å²) in [6.45, 7) is 0. The molecule has 18 heavy (non-hydrogen) atoms. The number of nitrogens with zero attached hydrogens (tertiary/aromatic N) is 4. The summed E-state index contributed by atoms with van der Waals surface area (Å²) >= 11 is 0. The first kappa shape index (κ1) is 12.2. The van der Waals surface area contributed by atoms with Gasteiger partial charge in [0, 0.05) is 13.1 Å². The molecule has 0 saturated carbocycles. The lowest BCUT2D eigenvalue weighted by Gasteiger charge is -2.17. The number of methoxy groups -OCH3 is 1. The summed E-state index contributed by atoms with van der Waals surface area (Å²) < 4.78 is 5.07. The van der Waals surface area contributed by atoms with E-state index >= 15 is 0 Å². The van der Waals surface area contributed by atoms with Gasteiger partial charge in [-0.1, -0.05) is 0 Å². The minimum absolute atomic E-state index is 0.170. The Bertz CT molecular complexity index is 524. The molecule has 0 bridgehead atoms. The molecule has 1 aliphatic rings. The van der Waals surface area contributed by atoms with Crippen LogP contribution in [0.15, 0.2) is 17.4 Å². The summed E-state index contributed by atoms with van der Waals surface area (Å²) in [7, 11) is 3.23. The van der Waals surface area contributed by atoms with Crippen LogP contribution >= 0.6 is 0 Å². The molecule has 7 nitrogen and oxygen atoms in total. The van der Waals surface area contributed by atoms with Gasteiger partial charge in [-0.2, -0.15) is 0 Å². The number of amides is 1. The SMILES string of the molecule is COc1cc2c(cn1)N(C)C(=O)C(N=[N+]=N)CC2. The van der Waals surface area contributed by atoms with Gasteiger partial charge >= 0.3 is 0 Å². The fraction of sp³-hybridized carbons (Fsp3) is 0.455. The number of hydrogen-bond donors (Lipinski definition) is 1. The maximum absolute atomic E-state index is 12.1. The minimum Gasteiger partial charge on any atom is -0.481 e. The number of anilines is 1. The largest absolute Gasteiger partial charge is 0.481 e. The predicted octanol–water partition coefficient (Wildman–Crippen LogP) is 0.918. The zero-order valence-corrected chi connectivity index (χ0v) is 10.3. The lowest BCUT2D eigenvalue weighted by Crippen LogP contribution is -2.34. The molecule has 0 spiro atoms.